The van der Waals surface area contributed by atoms with Crippen molar-refractivity contribution in [2.24, 2.45) is 11.8 Å². The molecule has 6 rings (SSSR count). The number of hydrogen-bond acceptors (Lipinski definition) is 3. The smallest absolute Gasteiger partial charge is 0.370 e. The van der Waals surface area contributed by atoms with Gasteiger partial charge in [0.2, 0.25) is 5.91 Å². The third kappa shape index (κ3) is 4.16. The van der Waals surface area contributed by atoms with Gasteiger partial charge in [-0.2, -0.15) is 4.98 Å². The Morgan fingerprint density at radius 2 is 1.91 bits per heavy atom. The lowest BCUT2D eigenvalue weighted by Crippen LogP contribution is -2.55. The minimum absolute atomic E-state index is 0.0272. The molecular formula is C30H40N3O2+. The normalized spacial score (nSPS) is 31.2. The van der Waals surface area contributed by atoms with Crippen LogP contribution in [0.25, 0.3) is 0 Å². The number of likely N-dealkylation sites (tertiary alicyclic amines) is 1. The Labute approximate surface area is 209 Å². The molecule has 5 heteroatoms. The Hall–Kier alpha value is -2.40. The van der Waals surface area contributed by atoms with Gasteiger partial charge in [-0.3, -0.25) is 4.79 Å². The second kappa shape index (κ2) is 9.57. The first kappa shape index (κ1) is 23.0. The number of hydrogen-bond donors (Lipinski definition) is 1. The minimum Gasteiger partial charge on any atom is -0.444 e. The third-order valence-electron chi connectivity index (χ3n) is 9.53. The van der Waals surface area contributed by atoms with E-state index in [9.17, 15) is 4.79 Å². The van der Waals surface area contributed by atoms with Crippen molar-refractivity contribution in [2.45, 2.75) is 75.7 Å². The molecule has 2 aromatic rings. The summed E-state index contributed by atoms with van der Waals surface area (Å²) in [5, 5.41) is 3.62. The third-order valence-corrected chi connectivity index (χ3v) is 9.53. The summed E-state index contributed by atoms with van der Waals surface area (Å²) in [5.74, 6) is 2.42. The van der Waals surface area contributed by atoms with E-state index in [0.29, 0.717) is 30.4 Å². The molecule has 2 N–H and O–H groups in total. The zero-order valence-corrected chi connectivity index (χ0v) is 21.1. The van der Waals surface area contributed by atoms with Crippen molar-refractivity contribution < 1.29 is 14.5 Å². The molecule has 0 unspecified atom stereocenters. The van der Waals surface area contributed by atoms with E-state index in [-0.39, 0.29) is 11.3 Å². The molecule has 1 aromatic heterocycles. The van der Waals surface area contributed by atoms with Crippen LogP contribution in [0, 0.1) is 18.8 Å². The summed E-state index contributed by atoms with van der Waals surface area (Å²) in [7, 11) is 0. The average Bonchev–Trinajstić information content (AvgIpc) is 3.32. The lowest BCUT2D eigenvalue weighted by molar-refractivity contribution is -0.406. The van der Waals surface area contributed by atoms with Crippen LogP contribution in [0.2, 0.25) is 0 Å². The van der Waals surface area contributed by atoms with Crippen LogP contribution >= 0.6 is 0 Å². The summed E-state index contributed by atoms with van der Waals surface area (Å²) in [6.45, 7) is 5.23. The molecule has 1 aromatic carbocycles. The van der Waals surface area contributed by atoms with E-state index in [1.54, 1.807) is 0 Å². The quantitative estimate of drug-likeness (QED) is 0.717. The monoisotopic (exact) mass is 474 g/mol. The number of carbonyl (C=O) groups excluding carboxylic acids is 1. The molecule has 4 atom stereocenters. The van der Waals surface area contributed by atoms with Gasteiger partial charge < -0.3 is 15.0 Å². The minimum atomic E-state index is -0.178. The van der Waals surface area contributed by atoms with Gasteiger partial charge in [0.15, 0.2) is 5.69 Å². The fourth-order valence-electron chi connectivity index (χ4n) is 7.64. The van der Waals surface area contributed by atoms with Gasteiger partial charge in [-0.1, -0.05) is 49.6 Å². The number of amides is 1. The molecule has 3 aliphatic heterocycles. The molecule has 2 saturated heterocycles. The highest BCUT2D eigenvalue weighted by Crippen LogP contribution is 2.47. The lowest BCUT2D eigenvalue weighted by Gasteiger charge is -2.47. The first-order valence-electron chi connectivity index (χ1n) is 13.9. The molecule has 1 spiro atoms. The Balaban J connectivity index is 1.30. The Morgan fingerprint density at radius 3 is 2.74 bits per heavy atom. The zero-order valence-electron chi connectivity index (χ0n) is 21.1. The van der Waals surface area contributed by atoms with Crippen molar-refractivity contribution in [3.63, 3.8) is 0 Å². The number of aromatic nitrogens is 1. The van der Waals surface area contributed by atoms with E-state index >= 15 is 0 Å². The molecule has 4 aliphatic rings. The molecule has 0 bridgehead atoms. The largest absolute Gasteiger partial charge is 0.444 e. The number of benzene rings is 1. The van der Waals surface area contributed by atoms with Crippen molar-refractivity contribution in [3.05, 3.63) is 59.3 Å². The van der Waals surface area contributed by atoms with E-state index in [2.05, 4.69) is 64.6 Å². The molecule has 35 heavy (non-hydrogen) atoms. The van der Waals surface area contributed by atoms with Gasteiger partial charge in [0, 0.05) is 44.1 Å². The molecule has 1 saturated carbocycles. The molecule has 3 fully saturated rings. The van der Waals surface area contributed by atoms with Gasteiger partial charge in [-0.15, -0.1) is 0 Å². The number of pyridine rings is 1. The Kier molecular flexibility index (Phi) is 6.30. The number of aryl methyl sites for hydroxylation is 1. The maximum Gasteiger partial charge on any atom is 0.370 e. The van der Waals surface area contributed by atoms with Crippen molar-refractivity contribution in [1.29, 1.82) is 0 Å². The highest BCUT2D eigenvalue weighted by molar-refractivity contribution is 5.82. The van der Waals surface area contributed by atoms with Crippen LogP contribution in [0.15, 0.2) is 42.5 Å². The Morgan fingerprint density at radius 1 is 1.09 bits per heavy atom. The van der Waals surface area contributed by atoms with E-state index in [4.69, 9.17) is 4.74 Å². The van der Waals surface area contributed by atoms with Gasteiger partial charge >= 0.3 is 5.88 Å². The van der Waals surface area contributed by atoms with Gasteiger partial charge in [0.05, 0.1) is 18.1 Å². The number of ether oxygens (including phenoxy) is 1. The summed E-state index contributed by atoms with van der Waals surface area (Å²) >= 11 is 0. The predicted octanol–water partition coefficient (Wildman–Crippen LogP) is 4.40. The number of H-pyrrole nitrogens is 1. The maximum absolute atomic E-state index is 14.5. The highest BCUT2D eigenvalue weighted by atomic mass is 16.5. The van der Waals surface area contributed by atoms with E-state index in [1.807, 2.05) is 0 Å². The number of carbonyl (C=O) groups is 1. The predicted molar refractivity (Wildman–Crippen MR) is 136 cm³/mol. The number of fused-ring (bicyclic) bond motifs is 2. The molecule has 0 radical (unpaired) electrons. The maximum atomic E-state index is 14.5. The average molecular weight is 475 g/mol. The van der Waals surface area contributed by atoms with Crippen molar-refractivity contribution in [3.8, 4) is 5.88 Å². The van der Waals surface area contributed by atoms with E-state index in [0.717, 1.165) is 50.5 Å². The second-order valence-electron chi connectivity index (χ2n) is 11.5. The second-order valence-corrected chi connectivity index (χ2v) is 11.5. The van der Waals surface area contributed by atoms with E-state index in [1.165, 1.54) is 43.2 Å². The summed E-state index contributed by atoms with van der Waals surface area (Å²) < 4.78 is 6.04. The van der Waals surface area contributed by atoms with Crippen LogP contribution in [-0.4, -0.2) is 43.1 Å². The summed E-state index contributed by atoms with van der Waals surface area (Å²) in [4.78, 5) is 20.3. The molecule has 5 nitrogen and oxygen atoms in total. The standard InChI is InChI=1S/C30H39N3O2/c1-21-12-13-25-28(32-21)35-17-15-30(25)20-31-19-26(30)29(34)33-16-14-24(22-8-4-2-5-9-22)18-27(33)23-10-6-3-7-11-23/h2,4-5,8-9,12-13,23-24,26-27,31H,3,6-7,10-11,14-20H2,1H3/p+1/t24-,26+,27+,30+/m1/s1. The topological polar surface area (TPSA) is 55.7 Å². The fourth-order valence-corrected chi connectivity index (χ4v) is 7.64. The first-order chi connectivity index (χ1) is 17.2. The van der Waals surface area contributed by atoms with Gasteiger partial charge in [-0.05, 0) is 55.6 Å². The molecular weight excluding hydrogens is 434 g/mol. The van der Waals surface area contributed by atoms with Gasteiger partial charge in [-0.25, -0.2) is 0 Å². The van der Waals surface area contributed by atoms with Crippen molar-refractivity contribution >= 4 is 5.91 Å². The van der Waals surface area contributed by atoms with Crippen LogP contribution < -0.4 is 15.0 Å². The van der Waals surface area contributed by atoms with Crippen LogP contribution in [0.5, 0.6) is 5.88 Å². The van der Waals surface area contributed by atoms with Crippen LogP contribution in [-0.2, 0) is 10.2 Å². The summed E-state index contributed by atoms with van der Waals surface area (Å²) in [5.41, 5.74) is 3.55. The summed E-state index contributed by atoms with van der Waals surface area (Å²) in [6.07, 6.45) is 9.60. The number of aromatic amines is 1. The zero-order chi connectivity index (χ0) is 23.8. The van der Waals surface area contributed by atoms with Crippen LogP contribution in [0.4, 0.5) is 0 Å². The summed E-state index contributed by atoms with van der Waals surface area (Å²) in [6, 6.07) is 15.7. The SMILES string of the molecule is Cc1ccc2c([nH+]1)OCC[C@]21CNC[C@H]1C(=O)N1CC[C@@H](c2ccccc2)C[C@H]1C1CCCCC1. The van der Waals surface area contributed by atoms with Crippen molar-refractivity contribution in [1.82, 2.24) is 10.2 Å². The molecule has 1 amide bonds. The van der Waals surface area contributed by atoms with Crippen molar-refractivity contribution in [2.75, 3.05) is 26.2 Å². The Bertz CT molecular complexity index is 1050. The van der Waals surface area contributed by atoms with Crippen LogP contribution in [0.3, 0.4) is 0 Å². The molecule has 4 heterocycles. The first-order valence-corrected chi connectivity index (χ1v) is 13.9. The highest BCUT2D eigenvalue weighted by Gasteiger charge is 2.54. The number of nitrogens with one attached hydrogen (secondary N) is 2. The van der Waals surface area contributed by atoms with Crippen LogP contribution in [0.1, 0.15) is 74.1 Å². The molecule has 1 aliphatic carbocycles. The fraction of sp³-hybridized carbons (Fsp3) is 0.600. The van der Waals surface area contributed by atoms with Gasteiger partial charge in [0.1, 0.15) is 0 Å². The van der Waals surface area contributed by atoms with E-state index < -0.39 is 0 Å². The lowest BCUT2D eigenvalue weighted by atomic mass is 9.68. The number of piperidine rings is 1. The van der Waals surface area contributed by atoms with Gasteiger partial charge in [0.25, 0.3) is 0 Å². The number of nitrogens with zero attached hydrogens (tertiary/aromatic N) is 1. The molecule has 186 valence electrons. The number of rotatable bonds is 3.